The van der Waals surface area contributed by atoms with E-state index in [1.54, 1.807) is 18.2 Å². The minimum absolute atomic E-state index is 0.0367. The number of carboxylic acid groups (broad SMARTS) is 1. The number of unbranched alkanes of at least 4 members (excludes halogenated alkanes) is 1. The molecule has 4 aromatic rings. The van der Waals surface area contributed by atoms with Gasteiger partial charge in [0.15, 0.2) is 0 Å². The van der Waals surface area contributed by atoms with Crippen molar-refractivity contribution in [1.29, 1.82) is 0 Å². The molecule has 0 unspecified atom stereocenters. The van der Waals surface area contributed by atoms with Gasteiger partial charge in [-0.05, 0) is 55.2 Å². The number of thiazole rings is 1. The molecule has 5 N–H and O–H groups in total. The van der Waals surface area contributed by atoms with Crippen LogP contribution in [0.2, 0.25) is 0 Å². The number of fused-ring (bicyclic) bond motifs is 1. The van der Waals surface area contributed by atoms with Crippen molar-refractivity contribution in [3.05, 3.63) is 65.5 Å². The number of nitrogens with two attached hydrogens (primary N) is 1. The second-order valence-corrected chi connectivity index (χ2v) is 13.1. The Bertz CT molecular complexity index is 1830. The molecule has 0 saturated carbocycles. The normalized spacial score (nSPS) is 12.5. The number of primary sulfonamides is 1. The van der Waals surface area contributed by atoms with Gasteiger partial charge in [-0.25, -0.2) is 23.2 Å². The molecule has 19 heteroatoms. The first-order valence-electron chi connectivity index (χ1n) is 14.1. The summed E-state index contributed by atoms with van der Waals surface area (Å²) in [7, 11) is -3.96. The molecule has 0 fully saturated rings. The van der Waals surface area contributed by atoms with Crippen LogP contribution in [0.3, 0.4) is 0 Å². The van der Waals surface area contributed by atoms with Gasteiger partial charge in [-0.15, -0.1) is 16.4 Å². The van der Waals surface area contributed by atoms with E-state index in [1.165, 1.54) is 23.0 Å². The Morgan fingerprint density at radius 2 is 1.81 bits per heavy atom. The molecule has 0 spiro atoms. The molecule has 1 atom stereocenters. The van der Waals surface area contributed by atoms with E-state index in [0.29, 0.717) is 40.1 Å². The number of nitrogens with one attached hydrogen (secondary N) is 2. The molecule has 4 rings (SSSR count). The zero-order valence-electron chi connectivity index (χ0n) is 24.6. The number of carbonyl (C=O) groups is 3. The number of hydrogen-bond donors (Lipinski definition) is 4. The fraction of sp³-hybridized carbons (Fsp3) is 0.357. The zero-order chi connectivity index (χ0) is 34.2. The van der Waals surface area contributed by atoms with E-state index < -0.39 is 45.6 Å². The van der Waals surface area contributed by atoms with Crippen LogP contribution >= 0.6 is 11.3 Å². The van der Waals surface area contributed by atoms with E-state index >= 15 is 0 Å². The van der Waals surface area contributed by atoms with Crippen molar-refractivity contribution in [2.24, 2.45) is 5.14 Å². The van der Waals surface area contributed by atoms with Crippen LogP contribution in [0.5, 0.6) is 5.75 Å². The Balaban J connectivity index is 1.39. The number of rotatable bonds is 16. The Hall–Kier alpha value is -4.62. The largest absolute Gasteiger partial charge is 0.487 e. The zero-order valence-corrected chi connectivity index (χ0v) is 26.2. The Morgan fingerprint density at radius 1 is 1.06 bits per heavy atom. The van der Waals surface area contributed by atoms with E-state index in [-0.39, 0.29) is 43.3 Å². The van der Waals surface area contributed by atoms with Crippen LogP contribution in [0.15, 0.2) is 53.0 Å². The highest BCUT2D eigenvalue weighted by atomic mass is 32.2. The second kappa shape index (κ2) is 15.3. The van der Waals surface area contributed by atoms with E-state index in [4.69, 9.17) is 15.0 Å². The quantitative estimate of drug-likeness (QED) is 0.126. The maximum Gasteiger partial charge on any atom is 0.416 e. The summed E-state index contributed by atoms with van der Waals surface area (Å²) in [6, 6.07) is 8.32. The molecule has 0 radical (unpaired) electrons. The van der Waals surface area contributed by atoms with Crippen LogP contribution in [0.25, 0.3) is 10.2 Å². The number of sulfonamides is 1. The van der Waals surface area contributed by atoms with Gasteiger partial charge >= 0.3 is 12.1 Å². The molecule has 2 amide bonds. The monoisotopic (exact) mass is 697 g/mol. The lowest BCUT2D eigenvalue weighted by atomic mass is 10.1. The first kappa shape index (κ1) is 35.2. The molecule has 252 valence electrons. The maximum absolute atomic E-state index is 13.3. The van der Waals surface area contributed by atoms with Crippen molar-refractivity contribution in [3.63, 3.8) is 0 Å². The van der Waals surface area contributed by atoms with Gasteiger partial charge in [0.25, 0.3) is 10.0 Å². The van der Waals surface area contributed by atoms with Crippen LogP contribution < -0.4 is 20.5 Å². The number of halogens is 3. The van der Waals surface area contributed by atoms with Crippen molar-refractivity contribution >= 4 is 49.4 Å². The number of hydrogen-bond acceptors (Lipinski definition) is 10. The number of carboxylic acids is 1. The van der Waals surface area contributed by atoms with Gasteiger partial charge in [0, 0.05) is 19.5 Å². The molecule has 2 aromatic heterocycles. The van der Waals surface area contributed by atoms with Crippen molar-refractivity contribution in [1.82, 2.24) is 30.6 Å². The summed E-state index contributed by atoms with van der Waals surface area (Å²) < 4.78 is 69.4. The lowest BCUT2D eigenvalue weighted by Gasteiger charge is -2.17. The van der Waals surface area contributed by atoms with Crippen LogP contribution in [-0.4, -0.2) is 57.8 Å². The third-order valence-corrected chi connectivity index (χ3v) is 9.03. The lowest BCUT2D eigenvalue weighted by Crippen LogP contribution is -2.33. The average Bonchev–Trinajstić information content (AvgIpc) is 3.66. The topological polar surface area (TPSA) is 208 Å². The molecule has 0 saturated heterocycles. The fourth-order valence-corrected chi connectivity index (χ4v) is 5.97. The molecule has 47 heavy (non-hydrogen) atoms. The molecule has 2 heterocycles. The fourth-order valence-electron chi connectivity index (χ4n) is 4.29. The predicted octanol–water partition coefficient (Wildman–Crippen LogP) is 3.14. The third kappa shape index (κ3) is 10.4. The highest BCUT2D eigenvalue weighted by Gasteiger charge is 2.30. The van der Waals surface area contributed by atoms with Crippen LogP contribution in [-0.2, 0) is 43.7 Å². The summed E-state index contributed by atoms with van der Waals surface area (Å²) in [5.41, 5.74) is 0.446. The van der Waals surface area contributed by atoms with E-state index in [0.717, 1.165) is 23.5 Å². The summed E-state index contributed by atoms with van der Waals surface area (Å²) in [5.74, 6) is -1.55. The summed E-state index contributed by atoms with van der Waals surface area (Å²) in [6.45, 7) is 0.178. The summed E-state index contributed by atoms with van der Waals surface area (Å²) >= 11 is 0.895. The van der Waals surface area contributed by atoms with Gasteiger partial charge in [-0.1, -0.05) is 17.3 Å². The highest BCUT2D eigenvalue weighted by molar-refractivity contribution is 7.91. The molecule has 0 bridgehead atoms. The predicted molar refractivity (Wildman–Crippen MR) is 161 cm³/mol. The minimum atomic E-state index is -4.48. The Labute approximate surface area is 270 Å². The van der Waals surface area contributed by atoms with Gasteiger partial charge in [0.2, 0.25) is 16.2 Å². The number of nitrogens with zero attached hydrogens (tertiary/aromatic N) is 4. The van der Waals surface area contributed by atoms with E-state index in [2.05, 4.69) is 25.9 Å². The van der Waals surface area contributed by atoms with Crippen molar-refractivity contribution < 1.29 is 45.8 Å². The smallest absolute Gasteiger partial charge is 0.416 e. The Morgan fingerprint density at radius 3 is 2.49 bits per heavy atom. The number of aliphatic carboxylic acids is 1. The van der Waals surface area contributed by atoms with Crippen molar-refractivity contribution in [2.75, 3.05) is 6.54 Å². The van der Waals surface area contributed by atoms with Crippen molar-refractivity contribution in [3.8, 4) is 5.75 Å². The number of aromatic nitrogens is 4. The molecule has 0 aliphatic carbocycles. The highest BCUT2D eigenvalue weighted by Crippen LogP contribution is 2.30. The SMILES string of the molecule is NS(=O)(=O)c1nc2ccc(OCc3cn([C@@H](CCCCNC(=O)CCC(=O)O)C(=O)NCc4ccc(C(F)(F)F)cc4)nn3)cc2s1. The number of carbonyl (C=O) groups excluding carboxylic acids is 2. The number of alkyl halides is 3. The van der Waals surface area contributed by atoms with E-state index in [1.807, 2.05) is 0 Å². The molecule has 0 aliphatic heterocycles. The number of benzene rings is 2. The summed E-state index contributed by atoms with van der Waals surface area (Å²) in [4.78, 5) is 39.7. The van der Waals surface area contributed by atoms with Gasteiger partial charge in [0.1, 0.15) is 24.1 Å². The Kier molecular flexibility index (Phi) is 11.5. The first-order chi connectivity index (χ1) is 22.2. The molecule has 0 aliphatic rings. The standard InChI is InChI=1S/C28H30F3N7O7S2/c29-28(30,31)18-6-4-17(5-7-18)14-34-26(42)22(3-1-2-12-33-24(39)10-11-25(40)41)38-15-19(36-37-38)16-45-20-8-9-21-23(13-20)46-27(35-21)47(32,43)44/h4-9,13,15,22H,1-3,10-12,14,16H2,(H,33,39)(H,34,42)(H,40,41)(H2,32,43,44)/t22-/m0/s1. The number of ether oxygens (including phenoxy) is 1. The lowest BCUT2D eigenvalue weighted by molar-refractivity contribution is -0.139. The van der Waals surface area contributed by atoms with Crippen LogP contribution in [0.1, 0.15) is 55.0 Å². The van der Waals surface area contributed by atoms with Gasteiger partial charge < -0.3 is 20.5 Å². The summed E-state index contributed by atoms with van der Waals surface area (Å²) in [6.07, 6.45) is -2.21. The maximum atomic E-state index is 13.3. The first-order valence-corrected chi connectivity index (χ1v) is 16.4. The van der Waals surface area contributed by atoms with Crippen LogP contribution in [0.4, 0.5) is 13.2 Å². The van der Waals surface area contributed by atoms with Gasteiger partial charge in [0.05, 0.1) is 28.4 Å². The van der Waals surface area contributed by atoms with E-state index in [9.17, 15) is 36.0 Å². The van der Waals surface area contributed by atoms with Gasteiger partial charge in [-0.2, -0.15) is 13.2 Å². The second-order valence-electron chi connectivity index (χ2n) is 10.3. The summed E-state index contributed by atoms with van der Waals surface area (Å²) in [5, 5.41) is 27.4. The molecule has 14 nitrogen and oxygen atoms in total. The molecular formula is C28H30F3N7O7S2. The molecular weight excluding hydrogens is 667 g/mol. The third-order valence-electron chi connectivity index (χ3n) is 6.69. The molecule has 2 aromatic carbocycles. The minimum Gasteiger partial charge on any atom is -0.487 e. The van der Waals surface area contributed by atoms with Crippen molar-refractivity contribution in [2.45, 2.75) is 61.8 Å². The van der Waals surface area contributed by atoms with Gasteiger partial charge in [-0.3, -0.25) is 14.4 Å². The number of amides is 2. The van der Waals surface area contributed by atoms with Crippen LogP contribution in [0, 0.1) is 0 Å². The average molecular weight is 698 g/mol.